The standard InChI is InChI=1S/C18H15N3OS2/c1-12-5-2-3-6-14(12)19-17(22)9-13-11-24-18-20-15(10-21(13)18)16-7-4-8-23-16/h2-8,10-11H,9H2,1H3,(H,19,22). The lowest BCUT2D eigenvalue weighted by atomic mass is 10.2. The summed E-state index contributed by atoms with van der Waals surface area (Å²) in [6.07, 6.45) is 2.34. The molecule has 1 N–H and O–H groups in total. The topological polar surface area (TPSA) is 46.4 Å². The molecule has 3 aromatic heterocycles. The highest BCUT2D eigenvalue weighted by Crippen LogP contribution is 2.27. The Morgan fingerprint density at radius 1 is 1.21 bits per heavy atom. The van der Waals surface area contributed by atoms with Crippen molar-refractivity contribution in [3.05, 3.63) is 64.6 Å². The minimum Gasteiger partial charge on any atom is -0.326 e. The van der Waals surface area contributed by atoms with Crippen molar-refractivity contribution in [3.63, 3.8) is 0 Å². The molecule has 1 aromatic carbocycles. The number of carbonyl (C=O) groups is 1. The number of nitrogens with one attached hydrogen (secondary N) is 1. The van der Waals surface area contributed by atoms with Gasteiger partial charge in [0.05, 0.1) is 11.3 Å². The van der Waals surface area contributed by atoms with Crippen LogP contribution in [0, 0.1) is 6.92 Å². The molecule has 1 amide bonds. The molecule has 4 nitrogen and oxygen atoms in total. The van der Waals surface area contributed by atoms with Gasteiger partial charge in [0.15, 0.2) is 4.96 Å². The Labute approximate surface area is 147 Å². The van der Waals surface area contributed by atoms with Crippen molar-refractivity contribution in [2.75, 3.05) is 5.32 Å². The third kappa shape index (κ3) is 2.86. The third-order valence-electron chi connectivity index (χ3n) is 3.82. The average molecular weight is 353 g/mol. The average Bonchev–Trinajstić information content (AvgIpc) is 3.27. The van der Waals surface area contributed by atoms with Crippen molar-refractivity contribution < 1.29 is 4.79 Å². The number of imidazole rings is 1. The Balaban J connectivity index is 1.56. The highest BCUT2D eigenvalue weighted by atomic mass is 32.1. The molecule has 24 heavy (non-hydrogen) atoms. The lowest BCUT2D eigenvalue weighted by molar-refractivity contribution is -0.115. The van der Waals surface area contributed by atoms with Gasteiger partial charge >= 0.3 is 0 Å². The predicted octanol–water partition coefficient (Wildman–Crippen LogP) is 4.61. The number of aryl methyl sites for hydroxylation is 1. The molecule has 0 aliphatic heterocycles. The van der Waals surface area contributed by atoms with Crippen LogP contribution >= 0.6 is 22.7 Å². The Hall–Kier alpha value is -2.44. The molecular weight excluding hydrogens is 338 g/mol. The van der Waals surface area contributed by atoms with Crippen LogP contribution < -0.4 is 5.32 Å². The Morgan fingerprint density at radius 2 is 2.08 bits per heavy atom. The summed E-state index contributed by atoms with van der Waals surface area (Å²) in [6, 6.07) is 11.9. The SMILES string of the molecule is Cc1ccccc1NC(=O)Cc1csc2nc(-c3cccs3)cn12. The highest BCUT2D eigenvalue weighted by molar-refractivity contribution is 7.15. The Bertz CT molecular complexity index is 999. The molecule has 0 saturated carbocycles. The van der Waals surface area contributed by atoms with E-state index in [9.17, 15) is 4.79 Å². The molecular formula is C18H15N3OS2. The van der Waals surface area contributed by atoms with Crippen LogP contribution in [0.1, 0.15) is 11.3 Å². The number of amides is 1. The Morgan fingerprint density at radius 3 is 2.88 bits per heavy atom. The number of anilines is 1. The van der Waals surface area contributed by atoms with E-state index in [1.807, 2.05) is 58.6 Å². The van der Waals surface area contributed by atoms with Crippen LogP contribution in [0.3, 0.4) is 0 Å². The van der Waals surface area contributed by atoms with Gasteiger partial charge < -0.3 is 5.32 Å². The molecule has 0 radical (unpaired) electrons. The van der Waals surface area contributed by atoms with Gasteiger partial charge in [-0.1, -0.05) is 24.3 Å². The van der Waals surface area contributed by atoms with Crippen LogP contribution in [0.15, 0.2) is 53.4 Å². The summed E-state index contributed by atoms with van der Waals surface area (Å²) in [4.78, 5) is 19.1. The van der Waals surface area contributed by atoms with E-state index in [-0.39, 0.29) is 5.91 Å². The Kier molecular flexibility index (Phi) is 3.92. The number of aromatic nitrogens is 2. The minimum absolute atomic E-state index is 0.0182. The third-order valence-corrected chi connectivity index (χ3v) is 5.60. The molecule has 0 bridgehead atoms. The molecule has 4 rings (SSSR count). The van der Waals surface area contributed by atoms with Gasteiger partial charge in [-0.15, -0.1) is 22.7 Å². The molecule has 0 aliphatic rings. The van der Waals surface area contributed by atoms with Crippen molar-refractivity contribution in [1.29, 1.82) is 0 Å². The van der Waals surface area contributed by atoms with Gasteiger partial charge in [0.25, 0.3) is 0 Å². The number of nitrogens with zero attached hydrogens (tertiary/aromatic N) is 2. The van der Waals surface area contributed by atoms with E-state index in [1.54, 1.807) is 22.7 Å². The number of carbonyl (C=O) groups excluding carboxylic acids is 1. The number of benzene rings is 1. The fourth-order valence-electron chi connectivity index (χ4n) is 2.57. The molecule has 120 valence electrons. The fourth-order valence-corrected chi connectivity index (χ4v) is 4.12. The van der Waals surface area contributed by atoms with Gasteiger partial charge in [-0.2, -0.15) is 0 Å². The minimum atomic E-state index is -0.0182. The molecule has 0 aliphatic carbocycles. The molecule has 6 heteroatoms. The van der Waals surface area contributed by atoms with Crippen molar-refractivity contribution in [1.82, 2.24) is 9.38 Å². The quantitative estimate of drug-likeness (QED) is 0.582. The van der Waals surface area contributed by atoms with Gasteiger partial charge in [-0.25, -0.2) is 4.98 Å². The van der Waals surface area contributed by atoms with Crippen LogP contribution in [0.5, 0.6) is 0 Å². The van der Waals surface area contributed by atoms with E-state index in [0.29, 0.717) is 6.42 Å². The first kappa shape index (κ1) is 15.1. The maximum atomic E-state index is 12.4. The smallest absolute Gasteiger partial charge is 0.230 e. The molecule has 0 atom stereocenters. The highest BCUT2D eigenvalue weighted by Gasteiger charge is 2.13. The second-order valence-electron chi connectivity index (χ2n) is 5.52. The van der Waals surface area contributed by atoms with Crippen molar-refractivity contribution in [2.45, 2.75) is 13.3 Å². The number of rotatable bonds is 4. The van der Waals surface area contributed by atoms with E-state index in [2.05, 4.69) is 16.4 Å². The van der Waals surface area contributed by atoms with E-state index in [1.165, 1.54) is 0 Å². The van der Waals surface area contributed by atoms with Crippen LogP contribution in [-0.2, 0) is 11.2 Å². The lowest BCUT2D eigenvalue weighted by Crippen LogP contribution is -2.15. The zero-order valence-electron chi connectivity index (χ0n) is 13.0. The van der Waals surface area contributed by atoms with E-state index in [4.69, 9.17) is 0 Å². The van der Waals surface area contributed by atoms with E-state index in [0.717, 1.165) is 32.5 Å². The van der Waals surface area contributed by atoms with Gasteiger partial charge in [-0.05, 0) is 30.0 Å². The summed E-state index contributed by atoms with van der Waals surface area (Å²) < 4.78 is 2.01. The maximum absolute atomic E-state index is 12.4. The van der Waals surface area contributed by atoms with Crippen molar-refractivity contribution >= 4 is 39.2 Å². The summed E-state index contributed by atoms with van der Waals surface area (Å²) in [7, 11) is 0. The first-order valence-electron chi connectivity index (χ1n) is 7.55. The molecule has 4 aromatic rings. The number of para-hydroxylation sites is 1. The van der Waals surface area contributed by atoms with Gasteiger partial charge in [-0.3, -0.25) is 9.20 Å². The van der Waals surface area contributed by atoms with Gasteiger partial charge in [0, 0.05) is 23.0 Å². The fraction of sp³-hybridized carbons (Fsp3) is 0.111. The second kappa shape index (κ2) is 6.22. The molecule has 0 unspecified atom stereocenters. The summed E-state index contributed by atoms with van der Waals surface area (Å²) in [5.74, 6) is -0.0182. The molecule has 0 spiro atoms. The van der Waals surface area contributed by atoms with Crippen LogP contribution in [0.2, 0.25) is 0 Å². The second-order valence-corrected chi connectivity index (χ2v) is 7.31. The summed E-state index contributed by atoms with van der Waals surface area (Å²) in [5, 5.41) is 7.02. The lowest BCUT2D eigenvalue weighted by Gasteiger charge is -2.07. The number of fused-ring (bicyclic) bond motifs is 1. The number of thiophene rings is 1. The molecule has 0 saturated heterocycles. The van der Waals surface area contributed by atoms with Crippen molar-refractivity contribution in [2.24, 2.45) is 0 Å². The number of thiazole rings is 1. The van der Waals surface area contributed by atoms with Gasteiger partial charge in [0.2, 0.25) is 5.91 Å². The largest absolute Gasteiger partial charge is 0.326 e. The summed E-state index contributed by atoms with van der Waals surface area (Å²) in [6.45, 7) is 1.99. The molecule has 0 fully saturated rings. The number of hydrogen-bond acceptors (Lipinski definition) is 4. The van der Waals surface area contributed by atoms with E-state index < -0.39 is 0 Å². The predicted molar refractivity (Wildman–Crippen MR) is 99.9 cm³/mol. The normalized spacial score (nSPS) is 11.0. The zero-order valence-corrected chi connectivity index (χ0v) is 14.7. The van der Waals surface area contributed by atoms with Gasteiger partial charge in [0.1, 0.15) is 5.69 Å². The summed E-state index contributed by atoms with van der Waals surface area (Å²) in [5.41, 5.74) is 3.83. The summed E-state index contributed by atoms with van der Waals surface area (Å²) >= 11 is 3.23. The van der Waals surface area contributed by atoms with Crippen molar-refractivity contribution in [3.8, 4) is 10.6 Å². The van der Waals surface area contributed by atoms with E-state index >= 15 is 0 Å². The number of hydrogen-bond donors (Lipinski definition) is 1. The van der Waals surface area contributed by atoms with Crippen LogP contribution in [0.25, 0.3) is 15.5 Å². The maximum Gasteiger partial charge on any atom is 0.230 e. The first-order chi connectivity index (χ1) is 11.7. The molecule has 3 heterocycles. The van der Waals surface area contributed by atoms with Crippen LogP contribution in [0.4, 0.5) is 5.69 Å². The monoisotopic (exact) mass is 353 g/mol. The van der Waals surface area contributed by atoms with Crippen LogP contribution in [-0.4, -0.2) is 15.3 Å². The zero-order chi connectivity index (χ0) is 16.5. The first-order valence-corrected chi connectivity index (χ1v) is 9.31.